The highest BCUT2D eigenvalue weighted by Gasteiger charge is 2.14. The molecule has 2 aromatic carbocycles. The third-order valence-corrected chi connectivity index (χ3v) is 5.32. The van der Waals surface area contributed by atoms with Gasteiger partial charge in [-0.15, -0.1) is 11.3 Å². The molecule has 1 N–H and O–H groups in total. The van der Waals surface area contributed by atoms with E-state index in [2.05, 4.69) is 4.98 Å². The molecule has 0 aliphatic carbocycles. The molecule has 2 aromatic heterocycles. The van der Waals surface area contributed by atoms with Gasteiger partial charge >= 0.3 is 5.69 Å². The Bertz CT molecular complexity index is 1250. The van der Waals surface area contributed by atoms with E-state index in [0.29, 0.717) is 21.5 Å². The fourth-order valence-corrected chi connectivity index (χ4v) is 3.90. The van der Waals surface area contributed by atoms with Crippen LogP contribution in [0.1, 0.15) is 17.3 Å². The third kappa shape index (κ3) is 2.70. The Labute approximate surface area is 152 Å². The Balaban J connectivity index is 1.95. The number of Topliss-reactive ketones (excluding diaryl/α,β-unsaturated/α-hetero) is 1. The maximum absolute atomic E-state index is 12.9. The lowest BCUT2D eigenvalue weighted by Gasteiger charge is -2.05. The van der Waals surface area contributed by atoms with Crippen LogP contribution in [0.4, 0.5) is 0 Å². The number of benzene rings is 2. The number of H-pyrrole nitrogens is 1. The van der Waals surface area contributed by atoms with Gasteiger partial charge < -0.3 is 4.98 Å². The van der Waals surface area contributed by atoms with Crippen molar-refractivity contribution in [3.05, 3.63) is 87.1 Å². The molecule has 0 fully saturated rings. The largest absolute Gasteiger partial charge is 0.333 e. The van der Waals surface area contributed by atoms with Gasteiger partial charge in [0.25, 0.3) is 5.56 Å². The van der Waals surface area contributed by atoms with E-state index < -0.39 is 11.2 Å². The smallest absolute Gasteiger partial charge is 0.306 e. The highest BCUT2D eigenvalue weighted by atomic mass is 32.1. The number of nitrogens with one attached hydrogen (secondary N) is 1. The fraction of sp³-hybridized carbons (Fsp3) is 0.0500. The van der Waals surface area contributed by atoms with E-state index in [1.54, 1.807) is 24.3 Å². The Morgan fingerprint density at radius 1 is 1.00 bits per heavy atom. The minimum Gasteiger partial charge on any atom is -0.306 e. The predicted octanol–water partition coefficient (Wildman–Crippen LogP) is 3.61. The van der Waals surface area contributed by atoms with Crippen molar-refractivity contribution in [2.24, 2.45) is 0 Å². The number of ketones is 1. The first-order chi connectivity index (χ1) is 12.5. The monoisotopic (exact) mass is 362 g/mol. The lowest BCUT2D eigenvalue weighted by molar-refractivity contribution is 0.101. The van der Waals surface area contributed by atoms with E-state index in [1.807, 2.05) is 36.4 Å². The quantitative estimate of drug-likeness (QED) is 0.566. The van der Waals surface area contributed by atoms with Crippen LogP contribution in [0.15, 0.2) is 70.3 Å². The zero-order valence-corrected chi connectivity index (χ0v) is 14.7. The van der Waals surface area contributed by atoms with Crippen molar-refractivity contribution in [3.8, 4) is 16.1 Å². The van der Waals surface area contributed by atoms with E-state index in [1.165, 1.54) is 18.3 Å². The molecule has 0 unspecified atom stereocenters. The van der Waals surface area contributed by atoms with Crippen molar-refractivity contribution in [2.75, 3.05) is 0 Å². The number of fused-ring (bicyclic) bond motifs is 1. The summed E-state index contributed by atoms with van der Waals surface area (Å²) in [6.45, 7) is 1.45. The molecule has 4 rings (SSSR count). The molecular formula is C20H14N2O3S. The molecule has 0 atom stereocenters. The van der Waals surface area contributed by atoms with Crippen molar-refractivity contribution < 1.29 is 4.79 Å². The normalized spacial score (nSPS) is 11.0. The van der Waals surface area contributed by atoms with E-state index in [4.69, 9.17) is 0 Å². The second kappa shape index (κ2) is 6.24. The van der Waals surface area contributed by atoms with Crippen LogP contribution in [-0.2, 0) is 0 Å². The first-order valence-corrected chi connectivity index (χ1v) is 8.82. The first kappa shape index (κ1) is 16.2. The summed E-state index contributed by atoms with van der Waals surface area (Å²) in [5.41, 5.74) is 1.41. The summed E-state index contributed by atoms with van der Waals surface area (Å²) in [7, 11) is 0. The van der Waals surface area contributed by atoms with Gasteiger partial charge in [0.15, 0.2) is 5.78 Å². The molecule has 0 saturated carbocycles. The number of carbonyl (C=O) groups excluding carboxylic acids is 1. The van der Waals surface area contributed by atoms with Crippen molar-refractivity contribution in [2.45, 2.75) is 6.92 Å². The average molecular weight is 362 g/mol. The van der Waals surface area contributed by atoms with Gasteiger partial charge in [-0.25, -0.2) is 9.36 Å². The Morgan fingerprint density at radius 3 is 2.50 bits per heavy atom. The van der Waals surface area contributed by atoms with Crippen LogP contribution in [0.25, 0.3) is 26.3 Å². The van der Waals surface area contributed by atoms with Crippen molar-refractivity contribution in [1.29, 1.82) is 0 Å². The number of nitrogens with zero attached hydrogens (tertiary/aromatic N) is 1. The summed E-state index contributed by atoms with van der Waals surface area (Å²) in [4.78, 5) is 40.7. The number of thiophene rings is 1. The number of hydrogen-bond donors (Lipinski definition) is 1. The molecule has 128 valence electrons. The lowest BCUT2D eigenvalue weighted by atomic mass is 10.1. The van der Waals surface area contributed by atoms with Gasteiger partial charge in [-0.2, -0.15) is 0 Å². The number of carbonyl (C=O) groups is 1. The maximum Gasteiger partial charge on any atom is 0.333 e. The number of aromatic nitrogens is 2. The second-order valence-corrected chi connectivity index (χ2v) is 6.95. The molecule has 0 amide bonds. The number of hydrogen-bond acceptors (Lipinski definition) is 4. The van der Waals surface area contributed by atoms with Crippen LogP contribution in [0, 0.1) is 0 Å². The van der Waals surface area contributed by atoms with E-state index in [0.717, 1.165) is 15.0 Å². The zero-order valence-electron chi connectivity index (χ0n) is 13.9. The van der Waals surface area contributed by atoms with Crippen LogP contribution in [0.2, 0.25) is 0 Å². The summed E-state index contributed by atoms with van der Waals surface area (Å²) in [6.07, 6.45) is 0. The highest BCUT2D eigenvalue weighted by Crippen LogP contribution is 2.30. The first-order valence-electron chi connectivity index (χ1n) is 8.00. The van der Waals surface area contributed by atoms with Crippen molar-refractivity contribution in [3.63, 3.8) is 0 Å². The van der Waals surface area contributed by atoms with Gasteiger partial charge in [0, 0.05) is 10.4 Å². The Hall–Kier alpha value is -3.25. The van der Waals surface area contributed by atoms with Crippen LogP contribution < -0.4 is 11.2 Å². The summed E-state index contributed by atoms with van der Waals surface area (Å²) in [6, 6.07) is 18.0. The molecule has 26 heavy (non-hydrogen) atoms. The van der Waals surface area contributed by atoms with Crippen molar-refractivity contribution in [1.82, 2.24) is 9.55 Å². The maximum atomic E-state index is 12.9. The van der Waals surface area contributed by atoms with Gasteiger partial charge in [-0.1, -0.05) is 42.5 Å². The van der Waals surface area contributed by atoms with Crippen molar-refractivity contribution >= 4 is 27.3 Å². The number of aromatic amines is 1. The van der Waals surface area contributed by atoms with Crippen LogP contribution >= 0.6 is 11.3 Å². The fourth-order valence-electron chi connectivity index (χ4n) is 2.85. The molecule has 0 aliphatic rings. The molecule has 5 nitrogen and oxygen atoms in total. The van der Waals surface area contributed by atoms with Gasteiger partial charge in [0.1, 0.15) is 4.70 Å². The van der Waals surface area contributed by atoms with Gasteiger partial charge in [-0.05, 0) is 30.7 Å². The molecule has 2 heterocycles. The molecule has 0 aliphatic heterocycles. The van der Waals surface area contributed by atoms with Crippen LogP contribution in [0.3, 0.4) is 0 Å². The topological polar surface area (TPSA) is 71.9 Å². The molecule has 4 aromatic rings. The van der Waals surface area contributed by atoms with Crippen LogP contribution in [0.5, 0.6) is 0 Å². The molecule has 6 heteroatoms. The third-order valence-electron chi connectivity index (χ3n) is 4.14. The zero-order chi connectivity index (χ0) is 18.3. The van der Waals surface area contributed by atoms with Gasteiger partial charge in [0.05, 0.1) is 11.2 Å². The molecule has 0 bridgehead atoms. The van der Waals surface area contributed by atoms with Gasteiger partial charge in [0.2, 0.25) is 0 Å². The Morgan fingerprint density at radius 2 is 1.77 bits per heavy atom. The summed E-state index contributed by atoms with van der Waals surface area (Å²) in [5, 5.41) is 0. The Kier molecular flexibility index (Phi) is 3.89. The molecule has 0 saturated heterocycles. The van der Waals surface area contributed by atoms with Crippen LogP contribution in [-0.4, -0.2) is 15.3 Å². The number of rotatable bonds is 3. The minimum atomic E-state index is -0.527. The standard InChI is InChI=1S/C20H14N2O3S/c1-12(23)14-8-5-9-15(10-14)22-19(24)18-16(21-20(22)25)11-17(26-18)13-6-3-2-4-7-13/h2-11H,1H3,(H,21,25). The SMILES string of the molecule is CC(=O)c1cccc(-n2c(=O)[nH]c3cc(-c4ccccc4)sc3c2=O)c1. The van der Waals surface area contributed by atoms with E-state index in [-0.39, 0.29) is 5.78 Å². The summed E-state index contributed by atoms with van der Waals surface area (Å²) < 4.78 is 1.54. The predicted molar refractivity (Wildman–Crippen MR) is 103 cm³/mol. The lowest BCUT2D eigenvalue weighted by Crippen LogP contribution is -2.33. The minimum absolute atomic E-state index is 0.125. The molecule has 0 radical (unpaired) electrons. The molecular weight excluding hydrogens is 348 g/mol. The van der Waals surface area contributed by atoms with E-state index in [9.17, 15) is 14.4 Å². The summed E-state index contributed by atoms with van der Waals surface area (Å²) >= 11 is 1.33. The highest BCUT2D eigenvalue weighted by molar-refractivity contribution is 7.22. The van der Waals surface area contributed by atoms with Gasteiger partial charge in [-0.3, -0.25) is 9.59 Å². The average Bonchev–Trinajstić information content (AvgIpc) is 3.07. The molecule has 0 spiro atoms. The second-order valence-electron chi connectivity index (χ2n) is 5.90. The summed E-state index contributed by atoms with van der Waals surface area (Å²) in [5.74, 6) is -0.125. The van der Waals surface area contributed by atoms with E-state index >= 15 is 0 Å².